The minimum absolute atomic E-state index is 0.180. The normalized spacial score (nSPS) is 12.3. The lowest BCUT2D eigenvalue weighted by molar-refractivity contribution is -0.359. The Balaban J connectivity index is 2.24. The smallest absolute Gasteiger partial charge is 0.460 e. The van der Waals surface area contributed by atoms with Gasteiger partial charge in [0.25, 0.3) is 5.91 Å². The molecule has 2 N–H and O–H groups in total. The quantitative estimate of drug-likeness (QED) is 0.609. The third-order valence-corrected chi connectivity index (χ3v) is 4.16. The lowest BCUT2D eigenvalue weighted by Crippen LogP contribution is -2.50. The van der Waals surface area contributed by atoms with Crippen LogP contribution in [0.25, 0.3) is 0 Å². The van der Waals surface area contributed by atoms with E-state index in [9.17, 15) is 40.3 Å². The Bertz CT molecular complexity index is 991. The van der Waals surface area contributed by atoms with E-state index >= 15 is 0 Å². The van der Waals surface area contributed by atoms with Gasteiger partial charge in [-0.3, -0.25) is 10.1 Å². The maximum atomic E-state index is 14.0. The number of hydrogen-bond donors (Lipinski definition) is 2. The molecule has 0 radical (unpaired) electrons. The van der Waals surface area contributed by atoms with Gasteiger partial charge in [0.05, 0.1) is 12.7 Å². The molecule has 0 aliphatic heterocycles. The molecule has 0 aliphatic rings. The van der Waals surface area contributed by atoms with Crippen LogP contribution in [0.5, 0.6) is 5.75 Å². The molecule has 0 spiro atoms. The average molecular weight is 452 g/mol. The number of halogens is 7. The van der Waals surface area contributed by atoms with Gasteiger partial charge < -0.3 is 10.1 Å². The molecule has 0 bridgehead atoms. The van der Waals surface area contributed by atoms with E-state index in [-0.39, 0.29) is 17.3 Å². The molecular weight excluding hydrogens is 437 g/mol. The lowest BCUT2D eigenvalue weighted by Gasteiger charge is -2.29. The van der Waals surface area contributed by atoms with Crippen LogP contribution in [-0.4, -0.2) is 31.1 Å². The van der Waals surface area contributed by atoms with Crippen molar-refractivity contribution in [2.45, 2.75) is 24.9 Å². The number of carbonyl (C=O) groups excluding carboxylic acids is 2. The minimum atomic E-state index is -6.52. The summed E-state index contributed by atoms with van der Waals surface area (Å²) in [6.07, 6.45) is -6.52. The second-order valence-electron chi connectivity index (χ2n) is 6.28. The van der Waals surface area contributed by atoms with E-state index in [0.29, 0.717) is 17.7 Å². The fraction of sp³-hybridized carbons (Fsp3) is 0.263. The van der Waals surface area contributed by atoms with Crippen LogP contribution < -0.4 is 15.4 Å². The summed E-state index contributed by atoms with van der Waals surface area (Å²) >= 11 is 0. The molecule has 0 aliphatic carbocycles. The zero-order valence-corrected chi connectivity index (χ0v) is 15.9. The molecule has 0 saturated heterocycles. The van der Waals surface area contributed by atoms with Crippen LogP contribution in [0.3, 0.4) is 0 Å². The average Bonchev–Trinajstić information content (AvgIpc) is 2.66. The first kappa shape index (κ1) is 24.0. The van der Waals surface area contributed by atoms with Crippen molar-refractivity contribution in [3.8, 4) is 5.75 Å². The number of carbonyl (C=O) groups is 2. The van der Waals surface area contributed by atoms with E-state index in [2.05, 4.69) is 10.1 Å². The molecule has 0 unspecified atom stereocenters. The molecule has 0 fully saturated rings. The molecule has 31 heavy (non-hydrogen) atoms. The van der Waals surface area contributed by atoms with E-state index in [1.54, 1.807) is 25.1 Å². The molecule has 0 aromatic heterocycles. The highest BCUT2D eigenvalue weighted by molar-refractivity contribution is 6.08. The minimum Gasteiger partial charge on any atom is -0.496 e. The standard InChI is InChI=1S/C19H15F7N2O3/c1-10-5-3-4-6-12(10)15(29)28-16(30)27-11-7-8-13(14(9-11)31-2)17(20,21)18(22,23)19(24,25)26/h3-9H,1-2H3,(H2,27,28,29,30). The summed E-state index contributed by atoms with van der Waals surface area (Å²) in [6, 6.07) is 6.72. The van der Waals surface area contributed by atoms with Gasteiger partial charge in [0.15, 0.2) is 0 Å². The highest BCUT2D eigenvalue weighted by Crippen LogP contribution is 2.53. The highest BCUT2D eigenvalue weighted by Gasteiger charge is 2.74. The number of amides is 3. The summed E-state index contributed by atoms with van der Waals surface area (Å²) in [5, 5.41) is 4.04. The first-order valence-corrected chi connectivity index (χ1v) is 8.41. The second-order valence-corrected chi connectivity index (χ2v) is 6.28. The number of methoxy groups -OCH3 is 1. The number of nitrogens with one attached hydrogen (secondary N) is 2. The van der Waals surface area contributed by atoms with Crippen molar-refractivity contribution in [3.63, 3.8) is 0 Å². The molecule has 12 heteroatoms. The van der Waals surface area contributed by atoms with Crippen LogP contribution in [0, 0.1) is 6.92 Å². The van der Waals surface area contributed by atoms with Crippen molar-refractivity contribution in [1.82, 2.24) is 5.32 Å². The maximum Gasteiger partial charge on any atom is 0.460 e. The molecule has 2 rings (SSSR count). The van der Waals surface area contributed by atoms with Crippen molar-refractivity contribution in [2.75, 3.05) is 12.4 Å². The second kappa shape index (κ2) is 8.44. The van der Waals surface area contributed by atoms with Gasteiger partial charge in [-0.15, -0.1) is 0 Å². The van der Waals surface area contributed by atoms with Gasteiger partial charge in [-0.2, -0.15) is 30.7 Å². The predicted molar refractivity (Wildman–Crippen MR) is 95.6 cm³/mol. The summed E-state index contributed by atoms with van der Waals surface area (Å²) in [4.78, 5) is 24.1. The number of aryl methyl sites for hydroxylation is 1. The van der Waals surface area contributed by atoms with E-state index < -0.39 is 41.3 Å². The van der Waals surface area contributed by atoms with Crippen molar-refractivity contribution >= 4 is 17.6 Å². The van der Waals surface area contributed by atoms with Gasteiger partial charge in [-0.1, -0.05) is 18.2 Å². The Labute approximate surface area is 171 Å². The number of hydrogen-bond acceptors (Lipinski definition) is 3. The van der Waals surface area contributed by atoms with Crippen LogP contribution in [-0.2, 0) is 5.92 Å². The molecule has 2 aromatic rings. The number of urea groups is 1. The predicted octanol–water partition coefficient (Wildman–Crippen LogP) is 5.25. The summed E-state index contributed by atoms with van der Waals surface area (Å²) in [5.74, 6) is -13.8. The fourth-order valence-electron chi connectivity index (χ4n) is 2.54. The number of anilines is 1. The van der Waals surface area contributed by atoms with Gasteiger partial charge in [0.2, 0.25) is 0 Å². The van der Waals surface area contributed by atoms with Gasteiger partial charge in [0, 0.05) is 17.3 Å². The molecule has 168 valence electrons. The van der Waals surface area contributed by atoms with Crippen molar-refractivity contribution in [3.05, 3.63) is 59.2 Å². The summed E-state index contributed by atoms with van der Waals surface area (Å²) < 4.78 is 96.3. The molecule has 3 amide bonds. The maximum absolute atomic E-state index is 14.0. The van der Waals surface area contributed by atoms with Crippen LogP contribution in [0.1, 0.15) is 21.5 Å². The first-order valence-electron chi connectivity index (χ1n) is 8.41. The highest BCUT2D eigenvalue weighted by atomic mass is 19.4. The molecule has 0 saturated carbocycles. The van der Waals surface area contributed by atoms with Gasteiger partial charge in [-0.05, 0) is 30.7 Å². The van der Waals surface area contributed by atoms with Crippen LogP contribution >= 0.6 is 0 Å². The SMILES string of the molecule is COc1cc(NC(=O)NC(=O)c2ccccc2C)ccc1C(F)(F)C(F)(F)C(F)(F)F. The third kappa shape index (κ3) is 4.72. The Morgan fingerprint density at radius 1 is 0.935 bits per heavy atom. The Kier molecular flexibility index (Phi) is 6.52. The van der Waals surface area contributed by atoms with E-state index in [1.165, 1.54) is 6.07 Å². The van der Waals surface area contributed by atoms with Gasteiger partial charge in [-0.25, -0.2) is 4.79 Å². The molecule has 0 atom stereocenters. The first-order chi connectivity index (χ1) is 14.2. The number of ether oxygens (including phenoxy) is 1. The van der Waals surface area contributed by atoms with Crippen molar-refractivity contribution in [1.29, 1.82) is 0 Å². The topological polar surface area (TPSA) is 67.4 Å². The summed E-state index contributed by atoms with van der Waals surface area (Å²) in [5.41, 5.74) is -1.30. The monoisotopic (exact) mass is 452 g/mol. The number of benzene rings is 2. The molecular formula is C19H15F7N2O3. The summed E-state index contributed by atoms with van der Waals surface area (Å²) in [7, 11) is 0.770. The third-order valence-electron chi connectivity index (χ3n) is 4.16. The summed E-state index contributed by atoms with van der Waals surface area (Å²) in [6.45, 7) is 1.62. The van der Waals surface area contributed by atoms with Crippen LogP contribution in [0.4, 0.5) is 41.2 Å². The van der Waals surface area contributed by atoms with Gasteiger partial charge in [0.1, 0.15) is 5.75 Å². The molecule has 2 aromatic carbocycles. The van der Waals surface area contributed by atoms with Gasteiger partial charge >= 0.3 is 24.1 Å². The zero-order valence-electron chi connectivity index (χ0n) is 15.9. The zero-order chi connectivity index (χ0) is 23.6. The Hall–Kier alpha value is -3.31. The lowest BCUT2D eigenvalue weighted by atomic mass is 10.00. The molecule has 0 heterocycles. The largest absolute Gasteiger partial charge is 0.496 e. The Morgan fingerprint density at radius 2 is 1.55 bits per heavy atom. The Morgan fingerprint density at radius 3 is 2.10 bits per heavy atom. The van der Waals surface area contributed by atoms with Crippen LogP contribution in [0.2, 0.25) is 0 Å². The van der Waals surface area contributed by atoms with E-state index in [1.807, 2.05) is 5.32 Å². The fourth-order valence-corrected chi connectivity index (χ4v) is 2.54. The number of imide groups is 1. The number of rotatable bonds is 5. The van der Waals surface area contributed by atoms with Crippen molar-refractivity contribution in [2.24, 2.45) is 0 Å². The van der Waals surface area contributed by atoms with Crippen molar-refractivity contribution < 1.29 is 45.1 Å². The van der Waals surface area contributed by atoms with E-state index in [4.69, 9.17) is 0 Å². The van der Waals surface area contributed by atoms with Crippen LogP contribution in [0.15, 0.2) is 42.5 Å². The number of alkyl halides is 7. The molecule has 5 nitrogen and oxygen atoms in total. The van der Waals surface area contributed by atoms with E-state index in [0.717, 1.165) is 7.11 Å².